The van der Waals surface area contributed by atoms with Crippen molar-refractivity contribution in [3.8, 4) is 0 Å². The summed E-state index contributed by atoms with van der Waals surface area (Å²) in [6.07, 6.45) is 1.73. The molecular weight excluding hydrogens is 270 g/mol. The number of fused-ring (bicyclic) bond motifs is 1. The van der Waals surface area contributed by atoms with E-state index in [9.17, 15) is 8.78 Å². The number of nitrogens with one attached hydrogen (secondary N) is 1. The van der Waals surface area contributed by atoms with Crippen LogP contribution in [0.4, 0.5) is 8.78 Å². The summed E-state index contributed by atoms with van der Waals surface area (Å²) in [5, 5.41) is 4.07. The molecule has 1 N–H and O–H groups in total. The molecule has 1 unspecified atom stereocenters. The van der Waals surface area contributed by atoms with E-state index >= 15 is 0 Å². The summed E-state index contributed by atoms with van der Waals surface area (Å²) < 4.78 is 26.8. The van der Waals surface area contributed by atoms with Crippen LogP contribution in [0.15, 0.2) is 54.7 Å². The van der Waals surface area contributed by atoms with E-state index in [4.69, 9.17) is 0 Å². The van der Waals surface area contributed by atoms with Gasteiger partial charge in [0.25, 0.3) is 0 Å². The number of benzene rings is 2. The maximum Gasteiger partial charge on any atom is 0.126 e. The second kappa shape index (κ2) is 5.58. The molecule has 21 heavy (non-hydrogen) atoms. The molecule has 3 rings (SSSR count). The molecule has 0 fully saturated rings. The smallest absolute Gasteiger partial charge is 0.126 e. The number of hydrogen-bond acceptors (Lipinski definition) is 2. The molecule has 1 heterocycles. The molecule has 1 aromatic heterocycles. The summed E-state index contributed by atoms with van der Waals surface area (Å²) in [4.78, 5) is 4.39. The van der Waals surface area contributed by atoms with Gasteiger partial charge in [0.05, 0.1) is 11.6 Å². The van der Waals surface area contributed by atoms with Gasteiger partial charge in [-0.15, -0.1) is 0 Å². The standard InChI is InChI=1S/C17H14F2N2/c1-20-17(12-7-14(18)9-15(19)8-12)13-6-11-4-2-3-5-16(11)21-10-13/h2-10,17,20H,1H3. The molecule has 0 amide bonds. The molecular formula is C17H14F2N2. The normalized spacial score (nSPS) is 12.5. The third kappa shape index (κ3) is 2.76. The first-order valence-electron chi connectivity index (χ1n) is 6.65. The van der Waals surface area contributed by atoms with Crippen LogP contribution >= 0.6 is 0 Å². The van der Waals surface area contributed by atoms with Crippen molar-refractivity contribution in [3.63, 3.8) is 0 Å². The van der Waals surface area contributed by atoms with Crippen LogP contribution < -0.4 is 5.32 Å². The minimum absolute atomic E-state index is 0.313. The van der Waals surface area contributed by atoms with Crippen LogP contribution in [0.3, 0.4) is 0 Å². The fraction of sp³-hybridized carbons (Fsp3) is 0.118. The lowest BCUT2D eigenvalue weighted by Gasteiger charge is -2.17. The molecule has 0 aliphatic heterocycles. The van der Waals surface area contributed by atoms with Crippen molar-refractivity contribution < 1.29 is 8.78 Å². The summed E-state index contributed by atoms with van der Waals surface area (Å²) in [6, 6.07) is 12.9. The zero-order chi connectivity index (χ0) is 14.8. The molecule has 3 aromatic rings. The van der Waals surface area contributed by atoms with Gasteiger partial charge in [-0.1, -0.05) is 18.2 Å². The Labute approximate surface area is 121 Å². The van der Waals surface area contributed by atoms with Gasteiger partial charge in [0.15, 0.2) is 0 Å². The number of pyridine rings is 1. The third-order valence-electron chi connectivity index (χ3n) is 3.45. The average Bonchev–Trinajstić information content (AvgIpc) is 2.47. The quantitative estimate of drug-likeness (QED) is 0.791. The van der Waals surface area contributed by atoms with Gasteiger partial charge in [0.1, 0.15) is 11.6 Å². The molecule has 0 saturated carbocycles. The minimum atomic E-state index is -0.584. The van der Waals surface area contributed by atoms with Crippen molar-refractivity contribution in [3.05, 3.63) is 77.5 Å². The first-order chi connectivity index (χ1) is 10.2. The van der Waals surface area contributed by atoms with E-state index in [1.54, 1.807) is 13.2 Å². The summed E-state index contributed by atoms with van der Waals surface area (Å²) in [5.74, 6) is -1.17. The number of rotatable bonds is 3. The van der Waals surface area contributed by atoms with E-state index < -0.39 is 11.6 Å². The van der Waals surface area contributed by atoms with Gasteiger partial charge in [-0.05, 0) is 42.4 Å². The molecule has 0 saturated heterocycles. The van der Waals surface area contributed by atoms with Crippen LogP contribution in [0.2, 0.25) is 0 Å². The van der Waals surface area contributed by atoms with Crippen molar-refractivity contribution in [2.24, 2.45) is 0 Å². The predicted octanol–water partition coefficient (Wildman–Crippen LogP) is 3.82. The van der Waals surface area contributed by atoms with Crippen LogP contribution in [0, 0.1) is 11.6 Å². The van der Waals surface area contributed by atoms with Crippen molar-refractivity contribution in [2.75, 3.05) is 7.05 Å². The summed E-state index contributed by atoms with van der Waals surface area (Å²) in [6.45, 7) is 0. The Balaban J connectivity index is 2.08. The van der Waals surface area contributed by atoms with Crippen LogP contribution in [-0.2, 0) is 0 Å². The molecule has 1 atom stereocenters. The second-order valence-corrected chi connectivity index (χ2v) is 4.89. The van der Waals surface area contributed by atoms with Gasteiger partial charge in [-0.2, -0.15) is 0 Å². The molecule has 0 aliphatic rings. The Kier molecular flexibility index (Phi) is 3.62. The van der Waals surface area contributed by atoms with Crippen LogP contribution in [-0.4, -0.2) is 12.0 Å². The molecule has 0 bridgehead atoms. The monoisotopic (exact) mass is 284 g/mol. The van der Waals surface area contributed by atoms with Crippen molar-refractivity contribution >= 4 is 10.9 Å². The molecule has 4 heteroatoms. The van der Waals surface area contributed by atoms with Gasteiger partial charge in [0.2, 0.25) is 0 Å². The minimum Gasteiger partial charge on any atom is -0.309 e. The zero-order valence-electron chi connectivity index (χ0n) is 11.5. The van der Waals surface area contributed by atoms with Crippen LogP contribution in [0.1, 0.15) is 17.2 Å². The molecule has 2 nitrogen and oxygen atoms in total. The Morgan fingerprint density at radius 1 is 0.952 bits per heavy atom. The van der Waals surface area contributed by atoms with Crippen LogP contribution in [0.25, 0.3) is 10.9 Å². The van der Waals surface area contributed by atoms with E-state index in [-0.39, 0.29) is 6.04 Å². The number of nitrogens with zero attached hydrogens (tertiary/aromatic N) is 1. The van der Waals surface area contributed by atoms with E-state index in [0.717, 1.165) is 22.5 Å². The van der Waals surface area contributed by atoms with Gasteiger partial charge in [0, 0.05) is 17.6 Å². The van der Waals surface area contributed by atoms with Crippen molar-refractivity contribution in [2.45, 2.75) is 6.04 Å². The molecule has 2 aromatic carbocycles. The number of para-hydroxylation sites is 1. The van der Waals surface area contributed by atoms with E-state index in [1.165, 1.54) is 12.1 Å². The second-order valence-electron chi connectivity index (χ2n) is 4.89. The lowest BCUT2D eigenvalue weighted by molar-refractivity contribution is 0.571. The zero-order valence-corrected chi connectivity index (χ0v) is 11.5. The Hall–Kier alpha value is -2.33. The molecule has 0 radical (unpaired) electrons. The lowest BCUT2D eigenvalue weighted by atomic mass is 9.99. The predicted molar refractivity (Wildman–Crippen MR) is 79.0 cm³/mol. The molecule has 0 spiro atoms. The summed E-state index contributed by atoms with van der Waals surface area (Å²) in [7, 11) is 1.75. The van der Waals surface area contributed by atoms with E-state index in [2.05, 4.69) is 10.3 Å². The molecule has 106 valence electrons. The van der Waals surface area contributed by atoms with Crippen LogP contribution in [0.5, 0.6) is 0 Å². The molecule has 0 aliphatic carbocycles. The Morgan fingerprint density at radius 3 is 2.38 bits per heavy atom. The first-order valence-corrected chi connectivity index (χ1v) is 6.65. The summed E-state index contributed by atoms with van der Waals surface area (Å²) in [5.41, 5.74) is 2.29. The fourth-order valence-corrected chi connectivity index (χ4v) is 2.51. The van der Waals surface area contributed by atoms with Gasteiger partial charge in [-0.3, -0.25) is 4.98 Å². The van der Waals surface area contributed by atoms with Gasteiger partial charge in [-0.25, -0.2) is 8.78 Å². The van der Waals surface area contributed by atoms with Gasteiger partial charge >= 0.3 is 0 Å². The SMILES string of the molecule is CNC(c1cc(F)cc(F)c1)c1cnc2ccccc2c1. The van der Waals surface area contributed by atoms with Crippen molar-refractivity contribution in [1.29, 1.82) is 0 Å². The highest BCUT2D eigenvalue weighted by molar-refractivity contribution is 5.78. The Morgan fingerprint density at radius 2 is 1.67 bits per heavy atom. The highest BCUT2D eigenvalue weighted by Gasteiger charge is 2.15. The third-order valence-corrected chi connectivity index (χ3v) is 3.45. The number of hydrogen-bond donors (Lipinski definition) is 1. The topological polar surface area (TPSA) is 24.9 Å². The lowest BCUT2D eigenvalue weighted by Crippen LogP contribution is -2.18. The van der Waals surface area contributed by atoms with E-state index in [0.29, 0.717) is 5.56 Å². The van der Waals surface area contributed by atoms with Crippen molar-refractivity contribution in [1.82, 2.24) is 10.3 Å². The number of aromatic nitrogens is 1. The fourth-order valence-electron chi connectivity index (χ4n) is 2.51. The number of halogens is 2. The highest BCUT2D eigenvalue weighted by Crippen LogP contribution is 2.25. The average molecular weight is 284 g/mol. The highest BCUT2D eigenvalue weighted by atomic mass is 19.1. The first kappa shape index (κ1) is 13.6. The summed E-state index contributed by atoms with van der Waals surface area (Å²) >= 11 is 0. The maximum atomic E-state index is 13.4. The Bertz CT molecular complexity index is 766. The van der Waals surface area contributed by atoms with E-state index in [1.807, 2.05) is 30.3 Å². The van der Waals surface area contributed by atoms with Gasteiger partial charge < -0.3 is 5.32 Å². The maximum absolute atomic E-state index is 13.4. The largest absolute Gasteiger partial charge is 0.309 e.